The highest BCUT2D eigenvalue weighted by Gasteiger charge is 2.48. The van der Waals surface area contributed by atoms with E-state index in [1.54, 1.807) is 49.4 Å². The molecular formula is C31H34N2O7S. The molecule has 10 heteroatoms. The van der Waals surface area contributed by atoms with Gasteiger partial charge in [-0.15, -0.1) is 0 Å². The average molecular weight is 579 g/mol. The van der Waals surface area contributed by atoms with Crippen LogP contribution < -0.4 is 19.1 Å². The number of aliphatic hydroxyl groups is 1. The molecule has 0 spiro atoms. The zero-order valence-electron chi connectivity index (χ0n) is 24.0. The topological polar surface area (TPSA) is 115 Å². The summed E-state index contributed by atoms with van der Waals surface area (Å²) in [6.07, 6.45) is 0.858. The molecule has 1 fully saturated rings. The molecular weight excluding hydrogens is 544 g/mol. The lowest BCUT2D eigenvalue weighted by atomic mass is 9.95. The van der Waals surface area contributed by atoms with E-state index in [0.29, 0.717) is 58.1 Å². The molecule has 1 atom stereocenters. The van der Waals surface area contributed by atoms with Gasteiger partial charge in [-0.2, -0.15) is 0 Å². The minimum Gasteiger partial charge on any atom is -0.507 e. The number of carbonyl (C=O) groups is 3. The number of hydrogen-bond donors (Lipinski definition) is 1. The van der Waals surface area contributed by atoms with Crippen molar-refractivity contribution in [2.45, 2.75) is 47.1 Å². The number of aliphatic hydroxyl groups excluding tert-OH is 1. The van der Waals surface area contributed by atoms with Gasteiger partial charge in [0.2, 0.25) is 0 Å². The summed E-state index contributed by atoms with van der Waals surface area (Å²) in [6, 6.07) is 10.7. The number of carbonyl (C=O) groups excluding carboxylic acids is 3. The molecule has 2 aromatic carbocycles. The molecule has 1 aliphatic rings. The van der Waals surface area contributed by atoms with Gasteiger partial charge in [0.05, 0.1) is 42.5 Å². The maximum absolute atomic E-state index is 13.5. The Kier molecular flexibility index (Phi) is 9.12. The second-order valence-electron chi connectivity index (χ2n) is 10.0. The number of ketones is 2. The first-order valence-electron chi connectivity index (χ1n) is 13.4. The molecule has 9 nitrogen and oxygen atoms in total. The standard InChI is InChI=1S/C31H34N2O7S/c1-7-39-24-16-21(10-13-23(24)40-15-14-17(2)3)26-25(27(35)20-8-11-22(38-6)12-9-20)28(36)30(37)33(26)31-32-18(4)29(41-31)19(5)34/h8-13,16-17,26,35H,7,14-15H2,1-6H3/b27-25+. The van der Waals surface area contributed by atoms with Crippen molar-refractivity contribution in [3.8, 4) is 17.2 Å². The number of methoxy groups -OCH3 is 1. The molecule has 1 unspecified atom stereocenters. The molecule has 3 aromatic rings. The molecule has 0 radical (unpaired) electrons. The molecule has 2 heterocycles. The average Bonchev–Trinajstić information content (AvgIpc) is 3.45. The summed E-state index contributed by atoms with van der Waals surface area (Å²) < 4.78 is 17.1. The Balaban J connectivity index is 1.89. The summed E-state index contributed by atoms with van der Waals surface area (Å²) >= 11 is 1.03. The number of ether oxygens (including phenoxy) is 3. The Morgan fingerprint density at radius 2 is 1.80 bits per heavy atom. The zero-order chi connectivity index (χ0) is 29.8. The van der Waals surface area contributed by atoms with Crippen molar-refractivity contribution in [1.29, 1.82) is 0 Å². The summed E-state index contributed by atoms with van der Waals surface area (Å²) in [4.78, 5) is 45.4. The van der Waals surface area contributed by atoms with Gasteiger partial charge in [0.15, 0.2) is 22.4 Å². The van der Waals surface area contributed by atoms with Crippen LogP contribution in [-0.4, -0.2) is 47.9 Å². The van der Waals surface area contributed by atoms with Crippen LogP contribution >= 0.6 is 11.3 Å². The number of rotatable bonds is 11. The number of thiazole rings is 1. The first-order valence-corrected chi connectivity index (χ1v) is 14.2. The highest BCUT2D eigenvalue weighted by atomic mass is 32.1. The highest BCUT2D eigenvalue weighted by molar-refractivity contribution is 7.18. The van der Waals surface area contributed by atoms with Crippen LogP contribution in [0.1, 0.15) is 66.7 Å². The summed E-state index contributed by atoms with van der Waals surface area (Å²) in [7, 11) is 1.53. The smallest absolute Gasteiger partial charge is 0.301 e. The lowest BCUT2D eigenvalue weighted by Gasteiger charge is -2.24. The van der Waals surface area contributed by atoms with E-state index < -0.39 is 17.7 Å². The summed E-state index contributed by atoms with van der Waals surface area (Å²) in [6.45, 7) is 10.0. The predicted molar refractivity (Wildman–Crippen MR) is 157 cm³/mol. The van der Waals surface area contributed by atoms with Crippen molar-refractivity contribution >= 4 is 39.7 Å². The van der Waals surface area contributed by atoms with Gasteiger partial charge in [-0.05, 0) is 68.1 Å². The highest BCUT2D eigenvalue weighted by Crippen LogP contribution is 2.45. The summed E-state index contributed by atoms with van der Waals surface area (Å²) in [5.41, 5.74) is 1.20. The number of aromatic nitrogens is 1. The van der Waals surface area contributed by atoms with Gasteiger partial charge < -0.3 is 19.3 Å². The molecule has 0 bridgehead atoms. The van der Waals surface area contributed by atoms with Crippen molar-refractivity contribution in [2.24, 2.45) is 5.92 Å². The van der Waals surface area contributed by atoms with Gasteiger partial charge in [-0.3, -0.25) is 19.3 Å². The van der Waals surface area contributed by atoms with Crippen LogP contribution in [0.5, 0.6) is 17.2 Å². The van der Waals surface area contributed by atoms with Crippen LogP contribution in [0.2, 0.25) is 0 Å². The number of anilines is 1. The van der Waals surface area contributed by atoms with Crippen LogP contribution in [-0.2, 0) is 9.59 Å². The van der Waals surface area contributed by atoms with Gasteiger partial charge in [-0.25, -0.2) is 4.98 Å². The maximum Gasteiger partial charge on any atom is 0.301 e. The van der Waals surface area contributed by atoms with Gasteiger partial charge in [-0.1, -0.05) is 31.3 Å². The third-order valence-electron chi connectivity index (χ3n) is 6.66. The molecule has 1 aliphatic heterocycles. The summed E-state index contributed by atoms with van der Waals surface area (Å²) in [5.74, 6) is -0.240. The van der Waals surface area contributed by atoms with Crippen molar-refractivity contribution in [1.82, 2.24) is 4.98 Å². The number of nitrogens with zero attached hydrogens (tertiary/aromatic N) is 2. The van der Waals surface area contributed by atoms with E-state index in [-0.39, 0.29) is 22.2 Å². The first kappa shape index (κ1) is 29.8. The number of benzene rings is 2. The first-order chi connectivity index (χ1) is 19.6. The molecule has 216 valence electrons. The predicted octanol–water partition coefficient (Wildman–Crippen LogP) is 6.11. The Labute approximate surface area is 243 Å². The van der Waals surface area contributed by atoms with E-state index in [4.69, 9.17) is 14.2 Å². The molecule has 0 saturated carbocycles. The largest absolute Gasteiger partial charge is 0.507 e. The second kappa shape index (κ2) is 12.6. The van der Waals surface area contributed by atoms with Crippen LogP contribution in [0, 0.1) is 12.8 Å². The van der Waals surface area contributed by atoms with Gasteiger partial charge in [0.25, 0.3) is 5.78 Å². The van der Waals surface area contributed by atoms with Crippen LogP contribution in [0.25, 0.3) is 5.76 Å². The SMILES string of the molecule is CCOc1cc(C2/C(=C(\O)c3ccc(OC)cc3)C(=O)C(=O)N2c2nc(C)c(C(C)=O)s2)ccc1OCCC(C)C. The fourth-order valence-electron chi connectivity index (χ4n) is 4.55. The van der Waals surface area contributed by atoms with Crippen LogP contribution in [0.3, 0.4) is 0 Å². The van der Waals surface area contributed by atoms with Gasteiger partial charge in [0, 0.05) is 12.5 Å². The number of Topliss-reactive ketones (excluding diaryl/α,β-unsaturated/α-hetero) is 2. The lowest BCUT2D eigenvalue weighted by molar-refractivity contribution is -0.132. The van der Waals surface area contributed by atoms with E-state index in [2.05, 4.69) is 18.8 Å². The van der Waals surface area contributed by atoms with Gasteiger partial charge >= 0.3 is 5.91 Å². The van der Waals surface area contributed by atoms with Crippen molar-refractivity contribution < 1.29 is 33.7 Å². The van der Waals surface area contributed by atoms with Crippen molar-refractivity contribution in [2.75, 3.05) is 25.2 Å². The quantitative estimate of drug-likeness (QED) is 0.125. The normalized spacial score (nSPS) is 16.4. The molecule has 4 rings (SSSR count). The maximum atomic E-state index is 13.5. The Bertz CT molecular complexity index is 1490. The molecule has 1 amide bonds. The van der Waals surface area contributed by atoms with Crippen molar-refractivity contribution in [3.05, 3.63) is 69.7 Å². The molecule has 41 heavy (non-hydrogen) atoms. The van der Waals surface area contributed by atoms with E-state index in [1.165, 1.54) is 18.9 Å². The zero-order valence-corrected chi connectivity index (χ0v) is 24.8. The Morgan fingerprint density at radius 3 is 2.39 bits per heavy atom. The van der Waals surface area contributed by atoms with Crippen LogP contribution in [0.15, 0.2) is 48.0 Å². The van der Waals surface area contributed by atoms with E-state index in [0.717, 1.165) is 17.8 Å². The number of amides is 1. The third kappa shape index (κ3) is 6.12. The second-order valence-corrected chi connectivity index (χ2v) is 11.0. The Hall–Kier alpha value is -4.18. The van der Waals surface area contributed by atoms with Crippen molar-refractivity contribution in [3.63, 3.8) is 0 Å². The third-order valence-corrected chi connectivity index (χ3v) is 7.91. The van der Waals surface area contributed by atoms with Crippen LogP contribution in [0.4, 0.5) is 5.13 Å². The van der Waals surface area contributed by atoms with E-state index in [9.17, 15) is 19.5 Å². The number of hydrogen-bond acceptors (Lipinski definition) is 9. The summed E-state index contributed by atoms with van der Waals surface area (Å²) in [5, 5.41) is 11.6. The fraction of sp³-hybridized carbons (Fsp3) is 0.355. The molecule has 0 aliphatic carbocycles. The van der Waals surface area contributed by atoms with E-state index >= 15 is 0 Å². The lowest BCUT2D eigenvalue weighted by Crippen LogP contribution is -2.29. The molecule has 1 saturated heterocycles. The fourth-order valence-corrected chi connectivity index (χ4v) is 5.54. The minimum atomic E-state index is -1.04. The monoisotopic (exact) mass is 578 g/mol. The molecule has 1 N–H and O–H groups in total. The minimum absolute atomic E-state index is 0.103. The Morgan fingerprint density at radius 1 is 1.10 bits per heavy atom. The number of aryl methyl sites for hydroxylation is 1. The van der Waals surface area contributed by atoms with Gasteiger partial charge in [0.1, 0.15) is 11.5 Å². The molecule has 1 aromatic heterocycles. The van der Waals surface area contributed by atoms with E-state index in [1.807, 2.05) is 6.92 Å².